The van der Waals surface area contributed by atoms with E-state index in [1.54, 1.807) is 13.8 Å². The Labute approximate surface area is 195 Å². The number of ketones is 3. The molecule has 0 aromatic heterocycles. The molecule has 0 aliphatic carbocycles. The van der Waals surface area contributed by atoms with Crippen LogP contribution in [-0.2, 0) is 43.0 Å². The predicted molar refractivity (Wildman–Crippen MR) is 118 cm³/mol. The molecule has 10 nitrogen and oxygen atoms in total. The molecule has 188 valence electrons. The molecule has 0 aliphatic rings. The second-order valence-corrected chi connectivity index (χ2v) is 8.19. The highest BCUT2D eigenvalue weighted by Crippen LogP contribution is 2.06. The van der Waals surface area contributed by atoms with Gasteiger partial charge in [0.25, 0.3) is 0 Å². The van der Waals surface area contributed by atoms with Crippen LogP contribution in [0.15, 0.2) is 0 Å². The van der Waals surface area contributed by atoms with Gasteiger partial charge in [0.1, 0.15) is 36.2 Å². The minimum Gasteiger partial charge on any atom is -0.464 e. The van der Waals surface area contributed by atoms with E-state index in [4.69, 9.17) is 14.2 Å². The van der Waals surface area contributed by atoms with Crippen LogP contribution in [0.1, 0.15) is 73.1 Å². The maximum Gasteiger partial charge on any atom is 0.306 e. The molecule has 0 aromatic rings. The van der Waals surface area contributed by atoms with Crippen LogP contribution in [0.3, 0.4) is 0 Å². The zero-order valence-corrected chi connectivity index (χ0v) is 20.3. The molecule has 0 bridgehead atoms. The van der Waals surface area contributed by atoms with Gasteiger partial charge in [0.05, 0.1) is 19.3 Å². The van der Waals surface area contributed by atoms with Crippen LogP contribution >= 0.6 is 0 Å². The summed E-state index contributed by atoms with van der Waals surface area (Å²) in [6, 6.07) is 0. The molecule has 0 amide bonds. The highest BCUT2D eigenvalue weighted by molar-refractivity contribution is 5.82. The number of nitrogens with zero attached hydrogens (tertiary/aromatic N) is 1. The third kappa shape index (κ3) is 18.6. The van der Waals surface area contributed by atoms with E-state index in [-0.39, 0.29) is 82.1 Å². The second-order valence-electron chi connectivity index (χ2n) is 8.19. The summed E-state index contributed by atoms with van der Waals surface area (Å²) >= 11 is 0. The highest BCUT2D eigenvalue weighted by atomic mass is 16.6. The van der Waals surface area contributed by atoms with Crippen molar-refractivity contribution in [2.75, 3.05) is 26.2 Å². The lowest BCUT2D eigenvalue weighted by atomic mass is 10.2. The lowest BCUT2D eigenvalue weighted by Gasteiger charge is -2.28. The Bertz CT molecular complexity index is 649. The Morgan fingerprint density at radius 2 is 0.970 bits per heavy atom. The van der Waals surface area contributed by atoms with E-state index in [0.717, 1.165) is 0 Å². The van der Waals surface area contributed by atoms with E-state index >= 15 is 0 Å². The topological polar surface area (TPSA) is 133 Å². The minimum atomic E-state index is -0.515. The van der Waals surface area contributed by atoms with Crippen molar-refractivity contribution in [3.8, 4) is 0 Å². The molecule has 0 aliphatic heterocycles. The Morgan fingerprint density at radius 3 is 1.33 bits per heavy atom. The molecule has 0 aromatic carbocycles. The lowest BCUT2D eigenvalue weighted by Crippen LogP contribution is -2.41. The summed E-state index contributed by atoms with van der Waals surface area (Å²) in [5.41, 5.74) is 0. The van der Waals surface area contributed by atoms with Crippen LogP contribution in [0, 0.1) is 0 Å². The summed E-state index contributed by atoms with van der Waals surface area (Å²) in [4.78, 5) is 70.3. The van der Waals surface area contributed by atoms with Gasteiger partial charge in [-0.1, -0.05) is 0 Å². The number of ether oxygens (including phenoxy) is 3. The maximum absolute atomic E-state index is 11.9. The number of Topliss-reactive ketones (excluding diaryl/α,β-unsaturated/α-hetero) is 3. The first kappa shape index (κ1) is 30.4. The van der Waals surface area contributed by atoms with Crippen LogP contribution in [0.4, 0.5) is 0 Å². The number of hydrogen-bond acceptors (Lipinski definition) is 10. The summed E-state index contributed by atoms with van der Waals surface area (Å²) in [7, 11) is 0. The van der Waals surface area contributed by atoms with Gasteiger partial charge < -0.3 is 28.6 Å². The summed E-state index contributed by atoms with van der Waals surface area (Å²) in [5, 5.41) is 0. The smallest absolute Gasteiger partial charge is 0.306 e. The average Bonchev–Trinajstić information content (AvgIpc) is 2.68. The molecule has 33 heavy (non-hydrogen) atoms. The zero-order valence-electron chi connectivity index (χ0n) is 20.3. The van der Waals surface area contributed by atoms with Crippen LogP contribution < -0.4 is 0 Å². The van der Waals surface area contributed by atoms with Crippen molar-refractivity contribution >= 4 is 35.3 Å². The number of esters is 3. The summed E-state index contributed by atoms with van der Waals surface area (Å²) in [6.45, 7) is 8.49. The molecule has 2 atom stereocenters. The zero-order chi connectivity index (χ0) is 25.4. The van der Waals surface area contributed by atoms with Gasteiger partial charge in [0, 0.05) is 38.9 Å². The van der Waals surface area contributed by atoms with E-state index in [1.165, 1.54) is 20.8 Å². The molecule has 0 radical (unpaired) electrons. The van der Waals surface area contributed by atoms with Gasteiger partial charge in [0.2, 0.25) is 0 Å². The molecule has 0 saturated heterocycles. The van der Waals surface area contributed by atoms with E-state index in [0.29, 0.717) is 0 Å². The summed E-state index contributed by atoms with van der Waals surface area (Å²) in [5.74, 6) is -1.78. The van der Waals surface area contributed by atoms with E-state index in [2.05, 4.69) is 0 Å². The third-order valence-corrected chi connectivity index (χ3v) is 4.41. The van der Waals surface area contributed by atoms with Crippen LogP contribution in [-0.4, -0.2) is 78.6 Å². The normalized spacial score (nSPS) is 12.5. The van der Waals surface area contributed by atoms with Crippen molar-refractivity contribution in [2.45, 2.75) is 85.4 Å². The molecular weight excluding hydrogens is 434 g/mol. The Kier molecular flexibility index (Phi) is 15.6. The predicted octanol–water partition coefficient (Wildman–Crippen LogP) is 1.80. The second kappa shape index (κ2) is 16.9. The molecule has 0 heterocycles. The van der Waals surface area contributed by atoms with Crippen LogP contribution in [0.25, 0.3) is 0 Å². The largest absolute Gasteiger partial charge is 0.464 e. The standard InChI is InChI=1S/C23H37NO9/c1-16(25)6-9-21(28)31-13-12-24(14-19(4)32-22(29)10-7-17(2)26)15-20(5)33-23(30)11-8-18(3)27/h19-20H,6-15H2,1-5H3. The molecule has 0 N–H and O–H groups in total. The van der Waals surface area contributed by atoms with Gasteiger partial charge in [-0.05, 0) is 34.6 Å². The van der Waals surface area contributed by atoms with Gasteiger partial charge in [-0.3, -0.25) is 19.3 Å². The van der Waals surface area contributed by atoms with Crippen molar-refractivity contribution < 1.29 is 43.0 Å². The molecule has 0 fully saturated rings. The van der Waals surface area contributed by atoms with E-state index in [9.17, 15) is 28.8 Å². The van der Waals surface area contributed by atoms with Crippen LogP contribution in [0.2, 0.25) is 0 Å². The van der Waals surface area contributed by atoms with Crippen molar-refractivity contribution in [3.63, 3.8) is 0 Å². The fourth-order valence-electron chi connectivity index (χ4n) is 2.82. The third-order valence-electron chi connectivity index (χ3n) is 4.41. The van der Waals surface area contributed by atoms with Crippen molar-refractivity contribution in [1.29, 1.82) is 0 Å². The van der Waals surface area contributed by atoms with Gasteiger partial charge in [0.15, 0.2) is 0 Å². The van der Waals surface area contributed by atoms with Crippen molar-refractivity contribution in [2.24, 2.45) is 0 Å². The fourth-order valence-corrected chi connectivity index (χ4v) is 2.82. The molecular formula is C23H37NO9. The van der Waals surface area contributed by atoms with Gasteiger partial charge >= 0.3 is 17.9 Å². The van der Waals surface area contributed by atoms with Crippen molar-refractivity contribution in [3.05, 3.63) is 0 Å². The highest BCUT2D eigenvalue weighted by Gasteiger charge is 2.19. The van der Waals surface area contributed by atoms with Crippen molar-refractivity contribution in [1.82, 2.24) is 4.90 Å². The Morgan fingerprint density at radius 1 is 0.606 bits per heavy atom. The first-order valence-electron chi connectivity index (χ1n) is 11.1. The van der Waals surface area contributed by atoms with Crippen LogP contribution in [0.5, 0.6) is 0 Å². The number of carbonyl (C=O) groups is 6. The average molecular weight is 472 g/mol. The number of rotatable bonds is 18. The molecule has 0 spiro atoms. The van der Waals surface area contributed by atoms with Gasteiger partial charge in [-0.25, -0.2) is 0 Å². The number of hydrogen-bond donors (Lipinski definition) is 0. The van der Waals surface area contributed by atoms with Gasteiger partial charge in [-0.2, -0.15) is 0 Å². The first-order chi connectivity index (χ1) is 15.4. The maximum atomic E-state index is 11.9. The first-order valence-corrected chi connectivity index (χ1v) is 11.1. The van der Waals surface area contributed by atoms with E-state index in [1.807, 2.05) is 4.90 Å². The van der Waals surface area contributed by atoms with Gasteiger partial charge in [-0.15, -0.1) is 0 Å². The quantitative estimate of drug-likeness (QED) is 0.215. The summed E-state index contributed by atoms with van der Waals surface area (Å²) < 4.78 is 15.8. The fraction of sp³-hybridized carbons (Fsp3) is 0.739. The summed E-state index contributed by atoms with van der Waals surface area (Å²) in [6.07, 6.45) is -0.698. The minimum absolute atomic E-state index is 0.00238. The molecule has 2 unspecified atom stereocenters. The Hall–Kier alpha value is -2.62. The molecule has 0 rings (SSSR count). The molecule has 10 heteroatoms. The van der Waals surface area contributed by atoms with E-state index < -0.39 is 30.1 Å². The monoisotopic (exact) mass is 471 g/mol. The number of carbonyl (C=O) groups excluding carboxylic acids is 6. The Balaban J connectivity index is 4.78. The lowest BCUT2D eigenvalue weighted by molar-refractivity contribution is -0.151. The molecule has 0 saturated carbocycles. The SMILES string of the molecule is CC(=O)CCC(=O)OCCN(CC(C)OC(=O)CCC(C)=O)CC(C)OC(=O)CCC(C)=O.